The smallest absolute Gasteiger partial charge is 0.246 e. The lowest BCUT2D eigenvalue weighted by Gasteiger charge is -2.38. The highest BCUT2D eigenvalue weighted by Gasteiger charge is 2.33. The molecule has 2 aromatic carbocycles. The third-order valence-electron chi connectivity index (χ3n) is 5.12. The molecule has 0 radical (unpaired) electrons. The molecule has 25 heavy (non-hydrogen) atoms. The maximum Gasteiger partial charge on any atom is 0.246 e. The lowest BCUT2D eigenvalue weighted by molar-refractivity contribution is -0.138. The number of hydrogen-bond acceptors (Lipinski definition) is 3. The summed E-state index contributed by atoms with van der Waals surface area (Å²) in [6.45, 7) is 2.45. The van der Waals surface area contributed by atoms with E-state index in [2.05, 4.69) is 11.1 Å². The van der Waals surface area contributed by atoms with Gasteiger partial charge in [0.15, 0.2) is 0 Å². The average Bonchev–Trinajstić information content (AvgIpc) is 3.10. The molecule has 0 unspecified atom stereocenters. The predicted octanol–water partition coefficient (Wildman–Crippen LogP) is 2.72. The molecule has 3 aromatic rings. The summed E-state index contributed by atoms with van der Waals surface area (Å²) in [6.07, 6.45) is 2.54. The number of benzene rings is 2. The van der Waals surface area contributed by atoms with Crippen molar-refractivity contribution in [2.75, 3.05) is 13.2 Å². The molecule has 5 heteroatoms. The number of para-hydroxylation sites is 2. The summed E-state index contributed by atoms with van der Waals surface area (Å²) in [5.41, 5.74) is 4.09. The molecule has 0 aliphatic carbocycles. The highest BCUT2D eigenvalue weighted by molar-refractivity contribution is 5.84. The molecule has 2 atom stereocenters. The predicted molar refractivity (Wildman–Crippen MR) is 96.1 cm³/mol. The summed E-state index contributed by atoms with van der Waals surface area (Å²) in [5.74, 6) is 0.0108. The molecule has 0 saturated carbocycles. The van der Waals surface area contributed by atoms with E-state index in [1.807, 2.05) is 58.9 Å². The van der Waals surface area contributed by atoms with Crippen molar-refractivity contribution in [3.8, 4) is 0 Å². The molecule has 0 bridgehead atoms. The minimum Gasteiger partial charge on any atom is -0.394 e. The van der Waals surface area contributed by atoms with Gasteiger partial charge in [0, 0.05) is 6.54 Å². The normalized spacial score (nSPS) is 18.2. The molecular formula is C20H21N3O2. The van der Waals surface area contributed by atoms with Crippen LogP contribution in [0.1, 0.15) is 30.1 Å². The lowest BCUT2D eigenvalue weighted by atomic mass is 9.92. The fourth-order valence-electron chi connectivity index (χ4n) is 3.76. The monoisotopic (exact) mass is 335 g/mol. The van der Waals surface area contributed by atoms with Gasteiger partial charge < -0.3 is 14.6 Å². The van der Waals surface area contributed by atoms with Crippen LogP contribution in [0.3, 0.4) is 0 Å². The van der Waals surface area contributed by atoms with Gasteiger partial charge in [0.25, 0.3) is 0 Å². The van der Waals surface area contributed by atoms with E-state index in [-0.39, 0.29) is 24.6 Å². The molecule has 128 valence electrons. The second-order valence-electron chi connectivity index (χ2n) is 6.50. The number of rotatable bonds is 3. The van der Waals surface area contributed by atoms with Gasteiger partial charge in [-0.2, -0.15) is 0 Å². The Morgan fingerprint density at radius 2 is 2.00 bits per heavy atom. The third-order valence-corrected chi connectivity index (χ3v) is 5.12. The summed E-state index contributed by atoms with van der Waals surface area (Å²) in [4.78, 5) is 19.4. The first kappa shape index (κ1) is 15.8. The van der Waals surface area contributed by atoms with E-state index in [0.717, 1.165) is 23.0 Å². The second kappa shape index (κ2) is 6.33. The van der Waals surface area contributed by atoms with Crippen LogP contribution in [0, 0.1) is 0 Å². The van der Waals surface area contributed by atoms with Crippen molar-refractivity contribution in [2.24, 2.45) is 0 Å². The Morgan fingerprint density at radius 3 is 2.84 bits per heavy atom. The molecule has 4 rings (SSSR count). The summed E-state index contributed by atoms with van der Waals surface area (Å²) in [6, 6.07) is 15.2. The van der Waals surface area contributed by atoms with E-state index in [0.29, 0.717) is 6.54 Å². The van der Waals surface area contributed by atoms with Crippen LogP contribution in [0.2, 0.25) is 0 Å². The summed E-state index contributed by atoms with van der Waals surface area (Å²) in [7, 11) is 0. The van der Waals surface area contributed by atoms with E-state index >= 15 is 0 Å². The molecule has 1 aromatic heterocycles. The Morgan fingerprint density at radius 1 is 1.24 bits per heavy atom. The molecule has 2 heterocycles. The van der Waals surface area contributed by atoms with Crippen LogP contribution in [0.5, 0.6) is 0 Å². The van der Waals surface area contributed by atoms with Gasteiger partial charge in [-0.1, -0.05) is 36.4 Å². The van der Waals surface area contributed by atoms with Crippen molar-refractivity contribution in [3.05, 3.63) is 66.0 Å². The van der Waals surface area contributed by atoms with Crippen LogP contribution < -0.4 is 0 Å². The van der Waals surface area contributed by atoms with E-state index in [1.54, 1.807) is 6.33 Å². The summed E-state index contributed by atoms with van der Waals surface area (Å²) < 4.78 is 1.91. The minimum atomic E-state index is -0.369. The second-order valence-corrected chi connectivity index (χ2v) is 6.50. The molecular weight excluding hydrogens is 314 g/mol. The Hall–Kier alpha value is -2.66. The Bertz CT molecular complexity index is 918. The third kappa shape index (κ3) is 2.61. The first-order chi connectivity index (χ1) is 12.2. The van der Waals surface area contributed by atoms with Gasteiger partial charge >= 0.3 is 0 Å². The molecule has 0 saturated heterocycles. The molecule has 1 N–H and O–H groups in total. The van der Waals surface area contributed by atoms with Crippen LogP contribution in [-0.4, -0.2) is 38.6 Å². The van der Waals surface area contributed by atoms with Gasteiger partial charge in [0.2, 0.25) is 5.91 Å². The molecule has 1 aliphatic heterocycles. The standard InChI is InChI=1S/C20H21N3O2/c1-14(23-13-21-17-8-4-5-9-18(17)23)20(25)22-11-10-15-6-2-3-7-16(15)19(22)12-24/h2-9,13-14,19,24H,10-12H2,1H3/t14-,19+/m0/s1. The number of aromatic nitrogens is 2. The molecule has 1 amide bonds. The van der Waals surface area contributed by atoms with Crippen molar-refractivity contribution in [1.82, 2.24) is 14.5 Å². The molecule has 5 nitrogen and oxygen atoms in total. The number of imidazole rings is 1. The van der Waals surface area contributed by atoms with Gasteiger partial charge in [-0.05, 0) is 36.6 Å². The van der Waals surface area contributed by atoms with Crippen molar-refractivity contribution in [3.63, 3.8) is 0 Å². The van der Waals surface area contributed by atoms with Crippen LogP contribution in [0.25, 0.3) is 11.0 Å². The number of nitrogens with zero attached hydrogens (tertiary/aromatic N) is 3. The van der Waals surface area contributed by atoms with Crippen molar-refractivity contribution < 1.29 is 9.90 Å². The van der Waals surface area contributed by atoms with Crippen molar-refractivity contribution >= 4 is 16.9 Å². The number of carbonyl (C=O) groups is 1. The maximum atomic E-state index is 13.2. The van der Waals surface area contributed by atoms with Crippen LogP contribution in [0.15, 0.2) is 54.9 Å². The zero-order valence-corrected chi connectivity index (χ0v) is 14.2. The largest absolute Gasteiger partial charge is 0.394 e. The maximum absolute atomic E-state index is 13.2. The first-order valence-corrected chi connectivity index (χ1v) is 8.61. The number of carbonyl (C=O) groups excluding carboxylic acids is 1. The number of aliphatic hydroxyl groups is 1. The van der Waals surface area contributed by atoms with E-state index in [9.17, 15) is 9.90 Å². The fraction of sp³-hybridized carbons (Fsp3) is 0.300. The van der Waals surface area contributed by atoms with E-state index in [4.69, 9.17) is 0 Å². The Labute approximate surface area is 146 Å². The Kier molecular flexibility index (Phi) is 4.01. The number of amides is 1. The van der Waals surface area contributed by atoms with Crippen LogP contribution in [-0.2, 0) is 11.2 Å². The SMILES string of the molecule is C[C@@H](C(=O)N1CCc2ccccc2[C@H]1CO)n1cnc2ccccc21. The van der Waals surface area contributed by atoms with Crippen molar-refractivity contribution in [1.29, 1.82) is 0 Å². The molecule has 0 fully saturated rings. The van der Waals surface area contributed by atoms with Gasteiger partial charge in [-0.25, -0.2) is 4.98 Å². The van der Waals surface area contributed by atoms with Crippen LogP contribution in [0.4, 0.5) is 0 Å². The molecule has 0 spiro atoms. The number of fused-ring (bicyclic) bond motifs is 2. The average molecular weight is 335 g/mol. The van der Waals surface area contributed by atoms with Crippen molar-refractivity contribution in [2.45, 2.75) is 25.4 Å². The van der Waals surface area contributed by atoms with E-state index < -0.39 is 0 Å². The highest BCUT2D eigenvalue weighted by Crippen LogP contribution is 2.31. The zero-order valence-electron chi connectivity index (χ0n) is 14.2. The van der Waals surface area contributed by atoms with E-state index in [1.165, 1.54) is 5.56 Å². The number of hydrogen-bond donors (Lipinski definition) is 1. The number of aliphatic hydroxyl groups excluding tert-OH is 1. The minimum absolute atomic E-state index is 0.0108. The van der Waals surface area contributed by atoms with Gasteiger partial charge in [-0.3, -0.25) is 4.79 Å². The highest BCUT2D eigenvalue weighted by atomic mass is 16.3. The summed E-state index contributed by atoms with van der Waals surface area (Å²) in [5, 5.41) is 9.93. The summed E-state index contributed by atoms with van der Waals surface area (Å²) >= 11 is 0. The van der Waals surface area contributed by atoms with Gasteiger partial charge in [-0.15, -0.1) is 0 Å². The van der Waals surface area contributed by atoms with Crippen LogP contribution >= 0.6 is 0 Å². The van der Waals surface area contributed by atoms with Gasteiger partial charge in [0.05, 0.1) is 30.0 Å². The zero-order chi connectivity index (χ0) is 17.4. The first-order valence-electron chi connectivity index (χ1n) is 8.61. The lowest BCUT2D eigenvalue weighted by Crippen LogP contribution is -2.44. The molecule has 1 aliphatic rings. The Balaban J connectivity index is 1.66. The topological polar surface area (TPSA) is 58.4 Å². The fourth-order valence-corrected chi connectivity index (χ4v) is 3.76. The van der Waals surface area contributed by atoms with Gasteiger partial charge in [0.1, 0.15) is 6.04 Å². The quantitative estimate of drug-likeness (QED) is 0.801.